The van der Waals surface area contributed by atoms with Gasteiger partial charge in [-0.1, -0.05) is 0 Å². The third kappa shape index (κ3) is 2.11. The first kappa shape index (κ1) is 8.78. The number of nitrogens with one attached hydrogen (secondary N) is 1. The Morgan fingerprint density at radius 3 is 2.92 bits per heavy atom. The van der Waals surface area contributed by atoms with Crippen LogP contribution >= 0.6 is 0 Å². The van der Waals surface area contributed by atoms with Gasteiger partial charge in [-0.15, -0.1) is 0 Å². The molecule has 0 unspecified atom stereocenters. The van der Waals surface area contributed by atoms with Gasteiger partial charge in [0.1, 0.15) is 0 Å². The maximum Gasteiger partial charge on any atom is 0.0947 e. The van der Waals surface area contributed by atoms with Crippen LogP contribution in [-0.4, -0.2) is 18.3 Å². The lowest BCUT2D eigenvalue weighted by Gasteiger charge is -2.11. The summed E-state index contributed by atoms with van der Waals surface area (Å²) in [5.74, 6) is 0. The molecule has 72 valence electrons. The van der Waals surface area contributed by atoms with E-state index >= 15 is 0 Å². The number of hydrogen-bond donors (Lipinski definition) is 2. The van der Waals surface area contributed by atoms with Gasteiger partial charge in [0.05, 0.1) is 12.5 Å². The lowest BCUT2D eigenvalue weighted by Crippen LogP contribution is -2.25. The van der Waals surface area contributed by atoms with E-state index in [0.717, 1.165) is 31.5 Å². The minimum Gasteiger partial charge on any atom is -0.472 e. The van der Waals surface area contributed by atoms with Crippen LogP contribution in [0.2, 0.25) is 0 Å². The Bertz CT molecular complexity index is 252. The highest BCUT2D eigenvalue weighted by Crippen LogP contribution is 2.44. The summed E-state index contributed by atoms with van der Waals surface area (Å²) >= 11 is 0. The van der Waals surface area contributed by atoms with Gasteiger partial charge in [0, 0.05) is 30.7 Å². The first-order valence-corrected chi connectivity index (χ1v) is 4.67. The fourth-order valence-electron chi connectivity index (χ4n) is 1.43. The number of aliphatic hydroxyl groups excluding tert-OH is 1. The summed E-state index contributed by atoms with van der Waals surface area (Å²) in [5.41, 5.74) is 1.36. The van der Waals surface area contributed by atoms with E-state index in [-0.39, 0.29) is 5.41 Å². The van der Waals surface area contributed by atoms with Crippen molar-refractivity contribution >= 4 is 0 Å². The van der Waals surface area contributed by atoms with Crippen LogP contribution in [0, 0.1) is 5.41 Å². The number of aliphatic hydroxyl groups is 1. The zero-order chi connectivity index (χ0) is 9.15. The molecular weight excluding hydrogens is 166 g/mol. The van der Waals surface area contributed by atoms with E-state index in [4.69, 9.17) is 9.52 Å². The van der Waals surface area contributed by atoms with E-state index in [1.54, 1.807) is 12.5 Å². The van der Waals surface area contributed by atoms with Crippen LogP contribution in [0.3, 0.4) is 0 Å². The lowest BCUT2D eigenvalue weighted by molar-refractivity contribution is 0.207. The van der Waals surface area contributed by atoms with Crippen molar-refractivity contribution in [3.05, 3.63) is 24.2 Å². The van der Waals surface area contributed by atoms with Crippen LogP contribution in [0.25, 0.3) is 0 Å². The molecule has 1 aromatic rings. The summed E-state index contributed by atoms with van der Waals surface area (Å²) in [4.78, 5) is 0. The summed E-state index contributed by atoms with van der Waals surface area (Å²) in [6, 6.07) is 1.95. The van der Waals surface area contributed by atoms with Crippen LogP contribution in [0.5, 0.6) is 0 Å². The molecule has 0 bridgehead atoms. The molecule has 2 N–H and O–H groups in total. The molecule has 1 aliphatic rings. The van der Waals surface area contributed by atoms with Gasteiger partial charge in [0.15, 0.2) is 0 Å². The van der Waals surface area contributed by atoms with Gasteiger partial charge in [-0.2, -0.15) is 0 Å². The van der Waals surface area contributed by atoms with Crippen LogP contribution < -0.4 is 5.32 Å². The zero-order valence-corrected chi connectivity index (χ0v) is 7.62. The molecule has 3 nitrogen and oxygen atoms in total. The molecule has 2 rings (SSSR count). The maximum absolute atomic E-state index is 9.06. The van der Waals surface area contributed by atoms with Crippen molar-refractivity contribution in [2.45, 2.75) is 19.4 Å². The largest absolute Gasteiger partial charge is 0.472 e. The van der Waals surface area contributed by atoms with E-state index in [0.29, 0.717) is 6.61 Å². The molecule has 0 amide bonds. The van der Waals surface area contributed by atoms with Crippen molar-refractivity contribution in [1.82, 2.24) is 5.32 Å². The highest BCUT2D eigenvalue weighted by Gasteiger charge is 2.41. The van der Waals surface area contributed by atoms with Crippen molar-refractivity contribution in [2.75, 3.05) is 13.2 Å². The second-order valence-corrected chi connectivity index (χ2v) is 3.89. The second-order valence-electron chi connectivity index (χ2n) is 3.89. The van der Waals surface area contributed by atoms with Crippen LogP contribution in [-0.2, 0) is 6.54 Å². The Morgan fingerprint density at radius 1 is 1.54 bits per heavy atom. The van der Waals surface area contributed by atoms with Gasteiger partial charge in [0.25, 0.3) is 0 Å². The summed E-state index contributed by atoms with van der Waals surface area (Å²) in [6.07, 6.45) is 5.73. The summed E-state index contributed by atoms with van der Waals surface area (Å²) in [6.45, 7) is 2.05. The van der Waals surface area contributed by atoms with E-state index in [1.165, 1.54) is 0 Å². The average molecular weight is 181 g/mol. The average Bonchev–Trinajstić information content (AvgIpc) is 2.74. The fourth-order valence-corrected chi connectivity index (χ4v) is 1.43. The predicted octanol–water partition coefficient (Wildman–Crippen LogP) is 1.14. The van der Waals surface area contributed by atoms with E-state index in [1.807, 2.05) is 6.07 Å². The Kier molecular flexibility index (Phi) is 2.38. The molecule has 1 aliphatic carbocycles. The summed E-state index contributed by atoms with van der Waals surface area (Å²) in [5, 5.41) is 12.4. The van der Waals surface area contributed by atoms with Crippen molar-refractivity contribution in [1.29, 1.82) is 0 Å². The minimum atomic E-state index is 0.198. The topological polar surface area (TPSA) is 45.4 Å². The monoisotopic (exact) mass is 181 g/mol. The molecule has 1 saturated carbocycles. The van der Waals surface area contributed by atoms with Gasteiger partial charge in [-0.3, -0.25) is 0 Å². The highest BCUT2D eigenvalue weighted by atomic mass is 16.3. The van der Waals surface area contributed by atoms with Crippen molar-refractivity contribution in [2.24, 2.45) is 5.41 Å². The van der Waals surface area contributed by atoms with Gasteiger partial charge < -0.3 is 14.8 Å². The van der Waals surface area contributed by atoms with Crippen LogP contribution in [0.1, 0.15) is 18.4 Å². The molecule has 0 radical (unpaired) electrons. The molecular formula is C10H15NO2. The number of hydrogen-bond acceptors (Lipinski definition) is 3. The Morgan fingerprint density at radius 2 is 2.38 bits per heavy atom. The first-order chi connectivity index (χ1) is 6.35. The van der Waals surface area contributed by atoms with Crippen LogP contribution in [0.4, 0.5) is 0 Å². The molecule has 1 heterocycles. The predicted molar refractivity (Wildman–Crippen MR) is 49.2 cm³/mol. The molecule has 0 aliphatic heterocycles. The molecule has 1 fully saturated rings. The third-order valence-electron chi connectivity index (χ3n) is 2.70. The molecule has 0 atom stereocenters. The maximum atomic E-state index is 9.06. The van der Waals surface area contributed by atoms with Crippen molar-refractivity contribution in [3.63, 3.8) is 0 Å². The fraction of sp³-hybridized carbons (Fsp3) is 0.600. The summed E-state index contributed by atoms with van der Waals surface area (Å²) in [7, 11) is 0. The van der Waals surface area contributed by atoms with Gasteiger partial charge in [-0.25, -0.2) is 0 Å². The van der Waals surface area contributed by atoms with Gasteiger partial charge >= 0.3 is 0 Å². The van der Waals surface area contributed by atoms with Crippen molar-refractivity contribution < 1.29 is 9.52 Å². The third-order valence-corrected chi connectivity index (χ3v) is 2.70. The summed E-state index contributed by atoms with van der Waals surface area (Å²) < 4.78 is 4.95. The molecule has 13 heavy (non-hydrogen) atoms. The second kappa shape index (κ2) is 3.52. The smallest absolute Gasteiger partial charge is 0.0947 e. The zero-order valence-electron chi connectivity index (χ0n) is 7.62. The number of rotatable bonds is 5. The first-order valence-electron chi connectivity index (χ1n) is 4.67. The van der Waals surface area contributed by atoms with Crippen LogP contribution in [0.15, 0.2) is 23.0 Å². The molecule has 0 aromatic carbocycles. The van der Waals surface area contributed by atoms with Gasteiger partial charge in [0.2, 0.25) is 0 Å². The Balaban J connectivity index is 1.70. The Labute approximate surface area is 77.8 Å². The quantitative estimate of drug-likeness (QED) is 0.716. The van der Waals surface area contributed by atoms with E-state index < -0.39 is 0 Å². The van der Waals surface area contributed by atoms with Gasteiger partial charge in [-0.05, 0) is 18.9 Å². The van der Waals surface area contributed by atoms with Crippen molar-refractivity contribution in [3.8, 4) is 0 Å². The minimum absolute atomic E-state index is 0.198. The molecule has 0 saturated heterocycles. The SMILES string of the molecule is OCC1(CNCc2ccoc2)CC1. The number of furan rings is 1. The van der Waals surface area contributed by atoms with E-state index in [9.17, 15) is 0 Å². The highest BCUT2D eigenvalue weighted by molar-refractivity contribution is 5.05. The molecule has 0 spiro atoms. The normalized spacial score (nSPS) is 18.8. The van der Waals surface area contributed by atoms with E-state index in [2.05, 4.69) is 5.32 Å². The standard InChI is InChI=1S/C10H15NO2/c12-8-10(2-3-10)7-11-5-9-1-4-13-6-9/h1,4,6,11-12H,2-3,5,7-8H2. The molecule has 3 heteroatoms. The lowest BCUT2D eigenvalue weighted by atomic mass is 10.1. The Hall–Kier alpha value is -0.800. The molecule has 1 aromatic heterocycles.